The highest BCUT2D eigenvalue weighted by Crippen LogP contribution is 2.16. The van der Waals surface area contributed by atoms with Gasteiger partial charge < -0.3 is 14.2 Å². The molecule has 0 N–H and O–H groups in total. The number of carbonyl (C=O) groups is 3. The van der Waals surface area contributed by atoms with Gasteiger partial charge in [0, 0.05) is 19.3 Å². The summed E-state index contributed by atoms with van der Waals surface area (Å²) in [4.78, 5) is 37.8. The lowest BCUT2D eigenvalue weighted by Crippen LogP contribution is -2.30. The van der Waals surface area contributed by atoms with E-state index in [0.717, 1.165) is 57.8 Å². The third kappa shape index (κ3) is 43.5. The fourth-order valence-corrected chi connectivity index (χ4v) is 7.56. The van der Waals surface area contributed by atoms with Gasteiger partial charge in [0.2, 0.25) is 0 Å². The van der Waals surface area contributed by atoms with Gasteiger partial charge in [-0.3, -0.25) is 14.4 Å². The zero-order valence-electron chi connectivity index (χ0n) is 37.9. The topological polar surface area (TPSA) is 78.9 Å². The highest BCUT2D eigenvalue weighted by Gasteiger charge is 2.19. The predicted octanol–water partition coefficient (Wildman–Crippen LogP) is 16.0. The molecular weight excluding hydrogens is 697 g/mol. The first-order valence-corrected chi connectivity index (χ1v) is 25.0. The summed E-state index contributed by atoms with van der Waals surface area (Å²) in [5, 5.41) is 0. The standard InChI is InChI=1S/C50H96O6/c1-4-7-10-13-16-19-21-23-25-27-28-31-34-37-40-43-49(52)55-46-47(45-54-48(51)42-39-36-33-30-18-15-12-9-6-3)56-50(53)44-41-38-35-32-29-26-24-22-20-17-14-11-8-5-2/h47H,4-46H2,1-3H3/t47-/m0/s1. The molecule has 0 fully saturated rings. The fraction of sp³-hybridized carbons (Fsp3) is 0.940. The molecule has 0 aliphatic rings. The van der Waals surface area contributed by atoms with Gasteiger partial charge in [0.05, 0.1) is 0 Å². The number of hydrogen-bond acceptors (Lipinski definition) is 6. The van der Waals surface area contributed by atoms with E-state index < -0.39 is 6.10 Å². The summed E-state index contributed by atoms with van der Waals surface area (Å²) in [6, 6.07) is 0. The van der Waals surface area contributed by atoms with Crippen molar-refractivity contribution in [2.24, 2.45) is 0 Å². The minimum absolute atomic E-state index is 0.0621. The Morgan fingerprint density at radius 3 is 0.714 bits per heavy atom. The summed E-state index contributed by atoms with van der Waals surface area (Å²) in [5.74, 6) is -0.846. The minimum atomic E-state index is -0.758. The SMILES string of the molecule is CCCCCCCCCCCCCCCCCC(=O)OC[C@H](COC(=O)CCCCCCCCCCC)OC(=O)CCCCCCCCCCCCCCCC. The number of esters is 3. The van der Waals surface area contributed by atoms with Crippen LogP contribution in [0.15, 0.2) is 0 Å². The minimum Gasteiger partial charge on any atom is -0.462 e. The van der Waals surface area contributed by atoms with E-state index in [9.17, 15) is 14.4 Å². The van der Waals surface area contributed by atoms with Gasteiger partial charge in [-0.1, -0.05) is 245 Å². The number of ether oxygens (including phenoxy) is 3. The van der Waals surface area contributed by atoms with Crippen LogP contribution in [0.4, 0.5) is 0 Å². The van der Waals surface area contributed by atoms with Crippen molar-refractivity contribution in [3.63, 3.8) is 0 Å². The van der Waals surface area contributed by atoms with Crippen LogP contribution in [0.25, 0.3) is 0 Å². The van der Waals surface area contributed by atoms with E-state index in [1.54, 1.807) is 0 Å². The molecule has 0 aliphatic carbocycles. The Bertz CT molecular complexity index is 828. The molecule has 0 radical (unpaired) electrons. The van der Waals surface area contributed by atoms with Gasteiger partial charge in [-0.25, -0.2) is 0 Å². The van der Waals surface area contributed by atoms with Crippen molar-refractivity contribution in [1.29, 1.82) is 0 Å². The molecule has 0 aromatic heterocycles. The lowest BCUT2D eigenvalue weighted by molar-refractivity contribution is -0.167. The molecule has 0 amide bonds. The van der Waals surface area contributed by atoms with Crippen molar-refractivity contribution in [3.05, 3.63) is 0 Å². The molecule has 0 saturated carbocycles. The van der Waals surface area contributed by atoms with Crippen LogP contribution in [-0.2, 0) is 28.6 Å². The van der Waals surface area contributed by atoms with Gasteiger partial charge in [-0.05, 0) is 19.3 Å². The molecule has 56 heavy (non-hydrogen) atoms. The van der Waals surface area contributed by atoms with E-state index in [2.05, 4.69) is 20.8 Å². The average molecular weight is 793 g/mol. The first kappa shape index (κ1) is 54.4. The molecule has 0 aliphatic heterocycles. The van der Waals surface area contributed by atoms with Gasteiger partial charge in [0.1, 0.15) is 13.2 Å². The maximum absolute atomic E-state index is 12.7. The summed E-state index contributed by atoms with van der Waals surface area (Å²) < 4.78 is 16.8. The van der Waals surface area contributed by atoms with Crippen molar-refractivity contribution < 1.29 is 28.6 Å². The molecule has 6 nitrogen and oxygen atoms in total. The molecule has 0 heterocycles. The van der Waals surface area contributed by atoms with Crippen LogP contribution < -0.4 is 0 Å². The third-order valence-electron chi connectivity index (χ3n) is 11.4. The van der Waals surface area contributed by atoms with Crippen LogP contribution in [0.5, 0.6) is 0 Å². The molecule has 0 rings (SSSR count). The monoisotopic (exact) mass is 793 g/mol. The molecular formula is C50H96O6. The van der Waals surface area contributed by atoms with Gasteiger partial charge in [-0.2, -0.15) is 0 Å². The van der Waals surface area contributed by atoms with Gasteiger partial charge in [0.15, 0.2) is 6.10 Å². The van der Waals surface area contributed by atoms with Crippen LogP contribution in [0.3, 0.4) is 0 Å². The first-order valence-electron chi connectivity index (χ1n) is 25.0. The summed E-state index contributed by atoms with van der Waals surface area (Å²) in [6.45, 7) is 6.66. The normalized spacial score (nSPS) is 11.8. The lowest BCUT2D eigenvalue weighted by atomic mass is 10.0. The zero-order valence-corrected chi connectivity index (χ0v) is 37.9. The number of rotatable bonds is 46. The van der Waals surface area contributed by atoms with Crippen LogP contribution in [-0.4, -0.2) is 37.2 Å². The zero-order chi connectivity index (χ0) is 40.8. The van der Waals surface area contributed by atoms with Crippen LogP contribution in [0.1, 0.15) is 284 Å². The Balaban J connectivity index is 4.27. The van der Waals surface area contributed by atoms with Crippen molar-refractivity contribution in [1.82, 2.24) is 0 Å². The Morgan fingerprint density at radius 1 is 0.286 bits per heavy atom. The van der Waals surface area contributed by atoms with Gasteiger partial charge in [0.25, 0.3) is 0 Å². The Morgan fingerprint density at radius 2 is 0.482 bits per heavy atom. The molecule has 332 valence electrons. The van der Waals surface area contributed by atoms with E-state index in [0.29, 0.717) is 19.3 Å². The van der Waals surface area contributed by atoms with E-state index in [-0.39, 0.29) is 31.1 Å². The van der Waals surface area contributed by atoms with E-state index >= 15 is 0 Å². The highest BCUT2D eigenvalue weighted by molar-refractivity contribution is 5.71. The number of unbranched alkanes of at least 4 members (excludes halogenated alkanes) is 35. The van der Waals surface area contributed by atoms with Crippen molar-refractivity contribution in [3.8, 4) is 0 Å². The molecule has 6 heteroatoms. The second-order valence-corrected chi connectivity index (χ2v) is 17.1. The molecule has 1 atom stereocenters. The van der Waals surface area contributed by atoms with E-state index in [4.69, 9.17) is 14.2 Å². The van der Waals surface area contributed by atoms with E-state index in [1.807, 2.05) is 0 Å². The van der Waals surface area contributed by atoms with Crippen LogP contribution >= 0.6 is 0 Å². The average Bonchev–Trinajstić information content (AvgIpc) is 3.19. The van der Waals surface area contributed by atoms with Crippen LogP contribution in [0, 0.1) is 0 Å². The smallest absolute Gasteiger partial charge is 0.306 e. The van der Waals surface area contributed by atoms with Crippen molar-refractivity contribution in [2.45, 2.75) is 290 Å². The molecule has 0 saturated heterocycles. The lowest BCUT2D eigenvalue weighted by Gasteiger charge is -2.18. The van der Waals surface area contributed by atoms with Gasteiger partial charge >= 0.3 is 17.9 Å². The maximum atomic E-state index is 12.7. The number of carbonyl (C=O) groups excluding carboxylic acids is 3. The molecule has 0 aromatic carbocycles. The third-order valence-corrected chi connectivity index (χ3v) is 11.4. The highest BCUT2D eigenvalue weighted by atomic mass is 16.6. The van der Waals surface area contributed by atoms with Gasteiger partial charge in [-0.15, -0.1) is 0 Å². The number of hydrogen-bond donors (Lipinski definition) is 0. The summed E-state index contributed by atoms with van der Waals surface area (Å²) >= 11 is 0. The predicted molar refractivity (Wildman–Crippen MR) is 238 cm³/mol. The Kier molecular flexibility index (Phi) is 44.8. The Labute approximate surface area is 348 Å². The molecule has 0 unspecified atom stereocenters. The Hall–Kier alpha value is -1.59. The molecule has 0 aromatic rings. The largest absolute Gasteiger partial charge is 0.462 e. The second-order valence-electron chi connectivity index (χ2n) is 17.1. The summed E-state index contributed by atoms with van der Waals surface area (Å²) in [6.07, 6.45) is 48.0. The summed E-state index contributed by atoms with van der Waals surface area (Å²) in [7, 11) is 0. The quantitative estimate of drug-likeness (QED) is 0.0347. The second kappa shape index (κ2) is 46.1. The fourth-order valence-electron chi connectivity index (χ4n) is 7.56. The summed E-state index contributed by atoms with van der Waals surface area (Å²) in [5.41, 5.74) is 0. The van der Waals surface area contributed by atoms with Crippen LogP contribution in [0.2, 0.25) is 0 Å². The molecule has 0 bridgehead atoms. The van der Waals surface area contributed by atoms with E-state index in [1.165, 1.54) is 186 Å². The molecule has 0 spiro atoms. The van der Waals surface area contributed by atoms with Crippen molar-refractivity contribution in [2.75, 3.05) is 13.2 Å². The maximum Gasteiger partial charge on any atom is 0.306 e. The first-order chi connectivity index (χ1) is 27.5. The van der Waals surface area contributed by atoms with Crippen molar-refractivity contribution >= 4 is 17.9 Å².